The van der Waals surface area contributed by atoms with Crippen LogP contribution in [0.4, 0.5) is 16.3 Å². The van der Waals surface area contributed by atoms with Crippen LogP contribution in [0, 0.1) is 5.41 Å². The van der Waals surface area contributed by atoms with Gasteiger partial charge in [0, 0.05) is 19.6 Å². The summed E-state index contributed by atoms with van der Waals surface area (Å²) in [7, 11) is 0. The number of hydrogen-bond acceptors (Lipinski definition) is 5. The summed E-state index contributed by atoms with van der Waals surface area (Å²) in [5.74, 6) is 1.32. The molecule has 0 aliphatic carbocycles. The minimum absolute atomic E-state index is 0.132. The zero-order valence-corrected chi connectivity index (χ0v) is 18.4. The molecule has 0 unspecified atom stereocenters. The number of anilines is 2. The maximum atomic E-state index is 13.5. The Balaban J connectivity index is 1.57. The van der Waals surface area contributed by atoms with E-state index in [0.717, 1.165) is 43.7 Å². The van der Waals surface area contributed by atoms with E-state index in [4.69, 9.17) is 27.1 Å². The first-order valence-electron chi connectivity index (χ1n) is 10.7. The van der Waals surface area contributed by atoms with Crippen molar-refractivity contribution in [2.24, 2.45) is 11.1 Å². The molecular weight excluding hydrogens is 416 g/mol. The largest absolute Gasteiger partial charge is 0.410 e. The van der Waals surface area contributed by atoms with Crippen molar-refractivity contribution >= 4 is 35.1 Å². The standard InChI is InChI=1S/C23H27ClN4O3/c1-2-6-17-19(31-22(25)30)9-10-20(26-17)27-13-5-11-23(15-27)12-14-28(21(23)29)18-8-4-3-7-16(18)24/h3-4,7-10H,2,5-6,11-15H2,1H3,(H2,25,30)/t23-/m1/s1. The molecule has 2 amide bonds. The van der Waals surface area contributed by atoms with Crippen molar-refractivity contribution in [3.63, 3.8) is 0 Å². The lowest BCUT2D eigenvalue weighted by atomic mass is 9.78. The van der Waals surface area contributed by atoms with Crippen molar-refractivity contribution in [3.05, 3.63) is 47.1 Å². The zero-order valence-electron chi connectivity index (χ0n) is 17.6. The maximum Gasteiger partial charge on any atom is 0.410 e. The molecule has 164 valence electrons. The van der Waals surface area contributed by atoms with Crippen LogP contribution in [0.25, 0.3) is 0 Å². The molecule has 8 heteroatoms. The Kier molecular flexibility index (Phi) is 6.05. The molecule has 1 spiro atoms. The molecule has 2 fully saturated rings. The van der Waals surface area contributed by atoms with Crippen LogP contribution in [0.1, 0.15) is 38.3 Å². The number of primary amides is 1. The Morgan fingerprint density at radius 2 is 2.03 bits per heavy atom. The van der Waals surface area contributed by atoms with Gasteiger partial charge in [-0.15, -0.1) is 0 Å². The minimum atomic E-state index is -0.847. The fraction of sp³-hybridized carbons (Fsp3) is 0.435. The smallest absolute Gasteiger partial charge is 0.409 e. The Hall–Kier alpha value is -2.80. The molecule has 1 atom stereocenters. The van der Waals surface area contributed by atoms with Crippen LogP contribution in [0.2, 0.25) is 5.02 Å². The van der Waals surface area contributed by atoms with Crippen LogP contribution in [-0.4, -0.2) is 36.6 Å². The summed E-state index contributed by atoms with van der Waals surface area (Å²) < 4.78 is 5.11. The molecule has 7 nitrogen and oxygen atoms in total. The Morgan fingerprint density at radius 1 is 1.23 bits per heavy atom. The molecule has 2 aliphatic heterocycles. The van der Waals surface area contributed by atoms with Gasteiger partial charge in [0.1, 0.15) is 5.82 Å². The van der Waals surface area contributed by atoms with Crippen molar-refractivity contribution in [1.82, 2.24) is 4.98 Å². The Bertz CT molecular complexity index is 999. The lowest BCUT2D eigenvalue weighted by Crippen LogP contribution is -2.48. The number of benzene rings is 1. The van der Waals surface area contributed by atoms with E-state index >= 15 is 0 Å². The van der Waals surface area contributed by atoms with Gasteiger partial charge in [-0.2, -0.15) is 0 Å². The van der Waals surface area contributed by atoms with Gasteiger partial charge < -0.3 is 20.3 Å². The van der Waals surface area contributed by atoms with Crippen molar-refractivity contribution in [3.8, 4) is 5.75 Å². The van der Waals surface area contributed by atoms with Gasteiger partial charge in [-0.1, -0.05) is 37.1 Å². The lowest BCUT2D eigenvalue weighted by Gasteiger charge is -2.39. The number of para-hydroxylation sites is 1. The average molecular weight is 443 g/mol. The number of aryl methyl sites for hydroxylation is 1. The molecule has 4 rings (SSSR count). The molecule has 1 aromatic heterocycles. The second-order valence-electron chi connectivity index (χ2n) is 8.25. The number of carbonyl (C=O) groups excluding carboxylic acids is 2. The zero-order chi connectivity index (χ0) is 22.0. The third-order valence-electron chi connectivity index (χ3n) is 6.17. The number of halogens is 1. The first-order valence-corrected chi connectivity index (χ1v) is 11.1. The topological polar surface area (TPSA) is 88.8 Å². The molecule has 1 aromatic carbocycles. The second-order valence-corrected chi connectivity index (χ2v) is 8.66. The third kappa shape index (κ3) is 4.19. The summed E-state index contributed by atoms with van der Waals surface area (Å²) in [6, 6.07) is 11.1. The molecule has 0 radical (unpaired) electrons. The molecule has 2 aromatic rings. The maximum absolute atomic E-state index is 13.5. The van der Waals surface area contributed by atoms with E-state index in [2.05, 4.69) is 4.90 Å². The highest BCUT2D eigenvalue weighted by Crippen LogP contribution is 2.44. The van der Waals surface area contributed by atoms with Gasteiger partial charge in [0.2, 0.25) is 5.91 Å². The number of nitrogens with zero attached hydrogens (tertiary/aromatic N) is 3. The predicted molar refractivity (Wildman–Crippen MR) is 121 cm³/mol. The monoisotopic (exact) mass is 442 g/mol. The minimum Gasteiger partial charge on any atom is -0.409 e. The fourth-order valence-corrected chi connectivity index (χ4v) is 4.94. The summed E-state index contributed by atoms with van der Waals surface area (Å²) in [5, 5.41) is 0.594. The van der Waals surface area contributed by atoms with E-state index in [-0.39, 0.29) is 5.91 Å². The first kappa shape index (κ1) is 21.4. The second kappa shape index (κ2) is 8.75. The van der Waals surface area contributed by atoms with Crippen LogP contribution in [0.15, 0.2) is 36.4 Å². The molecule has 2 saturated heterocycles. The van der Waals surface area contributed by atoms with Crippen molar-refractivity contribution in [1.29, 1.82) is 0 Å². The molecule has 2 aliphatic rings. The summed E-state index contributed by atoms with van der Waals surface area (Å²) >= 11 is 6.36. The van der Waals surface area contributed by atoms with Gasteiger partial charge in [-0.3, -0.25) is 4.79 Å². The van der Waals surface area contributed by atoms with E-state index < -0.39 is 11.5 Å². The van der Waals surface area contributed by atoms with Gasteiger partial charge in [0.25, 0.3) is 0 Å². The Labute approximate surface area is 187 Å². The number of rotatable bonds is 5. The van der Waals surface area contributed by atoms with Gasteiger partial charge in [0.15, 0.2) is 5.75 Å². The van der Waals surface area contributed by atoms with Crippen LogP contribution in [0.5, 0.6) is 5.75 Å². The SMILES string of the molecule is CCCc1nc(N2CCC[C@@]3(CCN(c4ccccc4Cl)C3=O)C2)ccc1OC(N)=O. The normalized spacial score (nSPS) is 21.0. The average Bonchev–Trinajstić information content (AvgIpc) is 3.05. The number of aromatic nitrogens is 1. The summed E-state index contributed by atoms with van der Waals surface area (Å²) in [5.41, 5.74) is 6.23. The van der Waals surface area contributed by atoms with Gasteiger partial charge in [0.05, 0.1) is 21.8 Å². The number of carbonyl (C=O) groups is 2. The van der Waals surface area contributed by atoms with E-state index in [1.807, 2.05) is 42.2 Å². The Morgan fingerprint density at radius 3 is 2.77 bits per heavy atom. The van der Waals surface area contributed by atoms with Gasteiger partial charge in [-0.25, -0.2) is 9.78 Å². The molecule has 0 bridgehead atoms. The summed E-state index contributed by atoms with van der Waals surface area (Å²) in [4.78, 5) is 33.5. The molecule has 2 N–H and O–H groups in total. The molecule has 31 heavy (non-hydrogen) atoms. The fourth-order valence-electron chi connectivity index (χ4n) is 4.70. The van der Waals surface area contributed by atoms with Crippen LogP contribution in [0.3, 0.4) is 0 Å². The van der Waals surface area contributed by atoms with Crippen LogP contribution < -0.4 is 20.3 Å². The number of piperidine rings is 1. The third-order valence-corrected chi connectivity index (χ3v) is 6.49. The predicted octanol–water partition coefficient (Wildman–Crippen LogP) is 4.17. The molecular formula is C23H27ClN4O3. The number of ether oxygens (including phenoxy) is 1. The summed E-state index contributed by atoms with van der Waals surface area (Å²) in [6.45, 7) is 4.15. The van der Waals surface area contributed by atoms with E-state index in [9.17, 15) is 9.59 Å². The van der Waals surface area contributed by atoms with E-state index in [1.54, 1.807) is 6.07 Å². The van der Waals surface area contributed by atoms with Gasteiger partial charge in [-0.05, 0) is 49.9 Å². The lowest BCUT2D eigenvalue weighted by molar-refractivity contribution is -0.126. The van der Waals surface area contributed by atoms with Gasteiger partial charge >= 0.3 is 6.09 Å². The van der Waals surface area contributed by atoms with E-state index in [0.29, 0.717) is 36.0 Å². The number of pyridine rings is 1. The molecule has 0 saturated carbocycles. The van der Waals surface area contributed by atoms with Crippen LogP contribution in [-0.2, 0) is 11.2 Å². The number of hydrogen-bond donors (Lipinski definition) is 1. The highest BCUT2D eigenvalue weighted by Gasteiger charge is 2.49. The first-order chi connectivity index (χ1) is 14.9. The quantitative estimate of drug-likeness (QED) is 0.750. The highest BCUT2D eigenvalue weighted by atomic mass is 35.5. The number of amides is 2. The van der Waals surface area contributed by atoms with Crippen molar-refractivity contribution < 1.29 is 14.3 Å². The van der Waals surface area contributed by atoms with Crippen LogP contribution >= 0.6 is 11.6 Å². The van der Waals surface area contributed by atoms with E-state index in [1.165, 1.54) is 0 Å². The highest BCUT2D eigenvalue weighted by molar-refractivity contribution is 6.34. The number of nitrogens with two attached hydrogens (primary N) is 1. The van der Waals surface area contributed by atoms with Crippen molar-refractivity contribution in [2.45, 2.75) is 39.0 Å². The summed E-state index contributed by atoms with van der Waals surface area (Å²) in [6.07, 6.45) is 3.24. The van der Waals surface area contributed by atoms with Crippen molar-refractivity contribution in [2.75, 3.05) is 29.4 Å². The molecule has 3 heterocycles.